The van der Waals surface area contributed by atoms with Crippen LogP contribution in [0.4, 0.5) is 0 Å². The SMILES string of the molecule is CCCN1CCC(NS(=O)(=O)c2ccc(OC)c(OC)c2)CC1.Cl. The van der Waals surface area contributed by atoms with Crippen molar-refractivity contribution >= 4 is 22.4 Å². The van der Waals surface area contributed by atoms with Gasteiger partial charge in [-0.3, -0.25) is 0 Å². The van der Waals surface area contributed by atoms with Crippen LogP contribution in [0.2, 0.25) is 0 Å². The van der Waals surface area contributed by atoms with Gasteiger partial charge in [-0.05, 0) is 51.0 Å². The van der Waals surface area contributed by atoms with E-state index < -0.39 is 10.0 Å². The first kappa shape index (κ1) is 21.0. The standard InChI is InChI=1S/C16H26N2O4S.ClH/c1-4-9-18-10-7-13(8-11-18)17-23(19,20)14-5-6-15(21-2)16(12-14)22-3;/h5-6,12-13,17H,4,7-11H2,1-3H3;1H. The van der Waals surface area contributed by atoms with Gasteiger partial charge in [0.25, 0.3) is 0 Å². The van der Waals surface area contributed by atoms with E-state index in [4.69, 9.17) is 9.47 Å². The molecule has 1 aromatic rings. The summed E-state index contributed by atoms with van der Waals surface area (Å²) in [6, 6.07) is 4.63. The fourth-order valence-electron chi connectivity index (χ4n) is 2.86. The zero-order valence-corrected chi connectivity index (χ0v) is 16.1. The molecule has 0 aromatic heterocycles. The number of methoxy groups -OCH3 is 2. The maximum absolute atomic E-state index is 12.6. The Morgan fingerprint density at radius 3 is 2.33 bits per heavy atom. The van der Waals surface area contributed by atoms with E-state index in [0.29, 0.717) is 11.5 Å². The lowest BCUT2D eigenvalue weighted by Gasteiger charge is -2.31. The Balaban J connectivity index is 0.00000288. The molecule has 1 saturated heterocycles. The van der Waals surface area contributed by atoms with Gasteiger partial charge in [-0.15, -0.1) is 12.4 Å². The first-order valence-corrected chi connectivity index (χ1v) is 9.45. The topological polar surface area (TPSA) is 67.9 Å². The third-order valence-electron chi connectivity index (χ3n) is 4.11. The van der Waals surface area contributed by atoms with Crippen LogP contribution in [-0.2, 0) is 10.0 Å². The highest BCUT2D eigenvalue weighted by Gasteiger charge is 2.25. The summed E-state index contributed by atoms with van der Waals surface area (Å²) in [4.78, 5) is 2.58. The molecular weight excluding hydrogens is 352 g/mol. The molecule has 0 bridgehead atoms. The number of piperidine rings is 1. The Kier molecular flexibility index (Phi) is 8.29. The molecule has 0 atom stereocenters. The van der Waals surface area contributed by atoms with Crippen molar-refractivity contribution in [2.75, 3.05) is 33.9 Å². The van der Waals surface area contributed by atoms with Crippen molar-refractivity contribution in [2.24, 2.45) is 0 Å². The number of benzene rings is 1. The van der Waals surface area contributed by atoms with E-state index in [-0.39, 0.29) is 23.3 Å². The fraction of sp³-hybridized carbons (Fsp3) is 0.625. The number of ether oxygens (including phenoxy) is 2. The molecule has 6 nitrogen and oxygen atoms in total. The lowest BCUT2D eigenvalue weighted by molar-refractivity contribution is 0.208. The first-order chi connectivity index (χ1) is 11.0. The Hall–Kier alpha value is -1.02. The summed E-state index contributed by atoms with van der Waals surface area (Å²) in [6.07, 6.45) is 2.81. The van der Waals surface area contributed by atoms with Crippen molar-refractivity contribution in [1.82, 2.24) is 9.62 Å². The number of hydrogen-bond acceptors (Lipinski definition) is 5. The predicted molar refractivity (Wildman–Crippen MR) is 96.9 cm³/mol. The summed E-state index contributed by atoms with van der Waals surface area (Å²) in [5.41, 5.74) is 0. The minimum absolute atomic E-state index is 0. The average Bonchev–Trinajstić information content (AvgIpc) is 2.56. The quantitative estimate of drug-likeness (QED) is 0.788. The molecule has 24 heavy (non-hydrogen) atoms. The maximum Gasteiger partial charge on any atom is 0.240 e. The molecule has 1 fully saturated rings. The highest BCUT2D eigenvalue weighted by atomic mass is 35.5. The van der Waals surface area contributed by atoms with E-state index >= 15 is 0 Å². The van der Waals surface area contributed by atoms with Crippen LogP contribution in [0.1, 0.15) is 26.2 Å². The second kappa shape index (κ2) is 9.46. The van der Waals surface area contributed by atoms with Crippen LogP contribution in [0.5, 0.6) is 11.5 Å². The van der Waals surface area contributed by atoms with Gasteiger partial charge in [0.2, 0.25) is 10.0 Å². The highest BCUT2D eigenvalue weighted by Crippen LogP contribution is 2.29. The number of halogens is 1. The fourth-order valence-corrected chi connectivity index (χ4v) is 4.18. The van der Waals surface area contributed by atoms with Gasteiger partial charge in [0, 0.05) is 12.1 Å². The van der Waals surface area contributed by atoms with Gasteiger partial charge in [-0.25, -0.2) is 13.1 Å². The largest absolute Gasteiger partial charge is 0.493 e. The monoisotopic (exact) mass is 378 g/mol. The first-order valence-electron chi connectivity index (χ1n) is 7.97. The molecule has 0 spiro atoms. The molecule has 1 aliphatic heterocycles. The molecule has 0 saturated carbocycles. The van der Waals surface area contributed by atoms with Crippen LogP contribution in [0.25, 0.3) is 0 Å². The lowest BCUT2D eigenvalue weighted by atomic mass is 10.1. The van der Waals surface area contributed by atoms with E-state index in [1.807, 2.05) is 0 Å². The van der Waals surface area contributed by atoms with Gasteiger partial charge < -0.3 is 14.4 Å². The van der Waals surface area contributed by atoms with Gasteiger partial charge in [0.1, 0.15) is 0 Å². The number of nitrogens with zero attached hydrogens (tertiary/aromatic N) is 1. The number of nitrogens with one attached hydrogen (secondary N) is 1. The molecule has 1 N–H and O–H groups in total. The Morgan fingerprint density at radius 2 is 1.79 bits per heavy atom. The van der Waals surface area contributed by atoms with Gasteiger partial charge in [0.05, 0.1) is 19.1 Å². The summed E-state index contributed by atoms with van der Waals surface area (Å²) in [5, 5.41) is 0. The number of hydrogen-bond donors (Lipinski definition) is 1. The third-order valence-corrected chi connectivity index (χ3v) is 5.63. The zero-order valence-electron chi connectivity index (χ0n) is 14.4. The molecule has 0 amide bonds. The number of sulfonamides is 1. The minimum atomic E-state index is -3.55. The Bertz CT molecular complexity index is 617. The van der Waals surface area contributed by atoms with Gasteiger partial charge in [-0.2, -0.15) is 0 Å². The summed E-state index contributed by atoms with van der Waals surface area (Å²) in [6.45, 7) is 5.11. The molecule has 1 aromatic carbocycles. The van der Waals surface area contributed by atoms with Gasteiger partial charge in [0.15, 0.2) is 11.5 Å². The molecule has 1 aliphatic rings. The summed E-state index contributed by atoms with van der Waals surface area (Å²) < 4.78 is 38.2. The van der Waals surface area contributed by atoms with Crippen LogP contribution >= 0.6 is 12.4 Å². The van der Waals surface area contributed by atoms with Crippen LogP contribution in [0.3, 0.4) is 0 Å². The van der Waals surface area contributed by atoms with E-state index in [0.717, 1.165) is 38.9 Å². The smallest absolute Gasteiger partial charge is 0.240 e. The molecule has 0 unspecified atom stereocenters. The van der Waals surface area contributed by atoms with Crippen molar-refractivity contribution in [3.63, 3.8) is 0 Å². The number of rotatable bonds is 7. The summed E-state index contributed by atoms with van der Waals surface area (Å²) in [7, 11) is -0.538. The molecule has 138 valence electrons. The van der Waals surface area contributed by atoms with Crippen LogP contribution in [-0.4, -0.2) is 53.2 Å². The number of likely N-dealkylation sites (tertiary alicyclic amines) is 1. The van der Waals surface area contributed by atoms with E-state index in [1.165, 1.54) is 26.4 Å². The van der Waals surface area contributed by atoms with E-state index in [1.54, 1.807) is 6.07 Å². The normalized spacial score (nSPS) is 16.5. The molecule has 0 aliphatic carbocycles. The van der Waals surface area contributed by atoms with Crippen molar-refractivity contribution < 1.29 is 17.9 Å². The van der Waals surface area contributed by atoms with Crippen molar-refractivity contribution in [2.45, 2.75) is 37.1 Å². The molecular formula is C16H27ClN2O4S. The lowest BCUT2D eigenvalue weighted by Crippen LogP contribution is -2.44. The maximum atomic E-state index is 12.6. The summed E-state index contributed by atoms with van der Waals surface area (Å²) in [5.74, 6) is 0.924. The molecule has 2 rings (SSSR count). The van der Waals surface area contributed by atoms with E-state index in [9.17, 15) is 8.42 Å². The molecule has 1 heterocycles. The van der Waals surface area contributed by atoms with Crippen LogP contribution < -0.4 is 14.2 Å². The molecule has 8 heteroatoms. The second-order valence-corrected chi connectivity index (χ2v) is 7.47. The Morgan fingerprint density at radius 1 is 1.17 bits per heavy atom. The van der Waals surface area contributed by atoms with Crippen molar-refractivity contribution in [1.29, 1.82) is 0 Å². The van der Waals surface area contributed by atoms with Gasteiger partial charge >= 0.3 is 0 Å². The van der Waals surface area contributed by atoms with Crippen molar-refractivity contribution in [3.05, 3.63) is 18.2 Å². The molecule has 0 radical (unpaired) electrons. The van der Waals surface area contributed by atoms with E-state index in [2.05, 4.69) is 16.5 Å². The summed E-state index contributed by atoms with van der Waals surface area (Å²) >= 11 is 0. The van der Waals surface area contributed by atoms with Crippen molar-refractivity contribution in [3.8, 4) is 11.5 Å². The predicted octanol–water partition coefficient (Wildman–Crippen LogP) is 2.28. The van der Waals surface area contributed by atoms with Gasteiger partial charge in [-0.1, -0.05) is 6.92 Å². The van der Waals surface area contributed by atoms with Crippen LogP contribution in [0.15, 0.2) is 23.1 Å². The Labute approximate surface area is 151 Å². The highest BCUT2D eigenvalue weighted by molar-refractivity contribution is 7.89. The third kappa shape index (κ3) is 5.24. The second-order valence-electron chi connectivity index (χ2n) is 5.75. The van der Waals surface area contributed by atoms with Crippen LogP contribution in [0, 0.1) is 0 Å². The minimum Gasteiger partial charge on any atom is -0.493 e. The average molecular weight is 379 g/mol. The zero-order chi connectivity index (χ0) is 16.9.